The van der Waals surface area contributed by atoms with Gasteiger partial charge in [-0.3, -0.25) is 0 Å². The van der Waals surface area contributed by atoms with E-state index in [4.69, 9.17) is 24.7 Å². The predicted octanol–water partition coefficient (Wildman–Crippen LogP) is 5.02. The molecule has 2 N–H and O–H groups in total. The Hall–Kier alpha value is -2.54. The van der Waals surface area contributed by atoms with Crippen LogP contribution in [-0.2, 0) is 24.5 Å². The molecule has 3 aromatic carbocycles. The fraction of sp³-hybridized carbons (Fsp3) is 0.400. The highest BCUT2D eigenvalue weighted by Gasteiger charge is 2.55. The lowest BCUT2D eigenvalue weighted by Crippen LogP contribution is -2.39. The second-order valence-corrected chi connectivity index (χ2v) is 9.80. The lowest BCUT2D eigenvalue weighted by molar-refractivity contribution is -0.195. The molecule has 0 radical (unpaired) electrons. The summed E-state index contributed by atoms with van der Waals surface area (Å²) in [5, 5.41) is 0. The van der Waals surface area contributed by atoms with Gasteiger partial charge in [-0.05, 0) is 49.9 Å². The lowest BCUT2D eigenvalue weighted by atomic mass is 9.80. The average Bonchev–Trinajstić information content (AvgIpc) is 3.38. The van der Waals surface area contributed by atoms with Gasteiger partial charge >= 0.3 is 0 Å². The lowest BCUT2D eigenvalue weighted by Gasteiger charge is -2.37. The molecule has 0 aromatic heterocycles. The Balaban J connectivity index is 1.51. The molecule has 0 aliphatic carbocycles. The zero-order chi connectivity index (χ0) is 24.3. The molecule has 4 atom stereocenters. The largest absolute Gasteiger partial charge is 0.367 e. The highest BCUT2D eigenvalue weighted by atomic mass is 16.8. The molecule has 2 aliphatic rings. The molecule has 35 heavy (non-hydrogen) atoms. The maximum atomic E-state index is 7.02. The molecular formula is C30H35NO4. The summed E-state index contributed by atoms with van der Waals surface area (Å²) in [6.07, 6.45) is 1.11. The number of fused-ring (bicyclic) bond motifs is 1. The van der Waals surface area contributed by atoms with Crippen molar-refractivity contribution in [1.82, 2.24) is 0 Å². The SMILES string of the molecule is CC1(C)O[C@@H]2[C@H](O1)[C@@H](COC(c1ccccc1)(c1ccccc1)c1ccccc1)O[C@H]2CCCN. The van der Waals surface area contributed by atoms with Gasteiger partial charge in [0.1, 0.15) is 23.9 Å². The summed E-state index contributed by atoms with van der Waals surface area (Å²) in [6, 6.07) is 31.2. The summed E-state index contributed by atoms with van der Waals surface area (Å²) in [6.45, 7) is 4.91. The minimum atomic E-state index is -0.799. The Bertz CT molecular complexity index is 977. The monoisotopic (exact) mass is 473 g/mol. The molecule has 0 bridgehead atoms. The van der Waals surface area contributed by atoms with Crippen LogP contribution < -0.4 is 5.73 Å². The van der Waals surface area contributed by atoms with Gasteiger partial charge in [-0.2, -0.15) is 0 Å². The van der Waals surface area contributed by atoms with E-state index >= 15 is 0 Å². The smallest absolute Gasteiger partial charge is 0.164 e. The number of benzene rings is 3. The minimum Gasteiger partial charge on any atom is -0.367 e. The molecule has 0 unspecified atom stereocenters. The van der Waals surface area contributed by atoms with E-state index in [9.17, 15) is 0 Å². The molecule has 5 rings (SSSR count). The van der Waals surface area contributed by atoms with Crippen molar-refractivity contribution in [1.29, 1.82) is 0 Å². The summed E-state index contributed by atoms with van der Waals surface area (Å²) in [7, 11) is 0. The van der Waals surface area contributed by atoms with Gasteiger partial charge in [0.05, 0.1) is 12.7 Å². The second kappa shape index (κ2) is 10.2. The molecule has 0 amide bonds. The third kappa shape index (κ3) is 4.80. The number of nitrogens with two attached hydrogens (primary N) is 1. The molecule has 3 aromatic rings. The zero-order valence-corrected chi connectivity index (χ0v) is 20.5. The first-order valence-corrected chi connectivity index (χ1v) is 12.6. The first-order chi connectivity index (χ1) is 17.0. The Kier molecular flexibility index (Phi) is 7.05. The van der Waals surface area contributed by atoms with Crippen LogP contribution in [0.25, 0.3) is 0 Å². The van der Waals surface area contributed by atoms with Crippen molar-refractivity contribution in [3.05, 3.63) is 108 Å². The van der Waals surface area contributed by atoms with E-state index in [1.54, 1.807) is 0 Å². The molecule has 2 saturated heterocycles. The molecule has 5 nitrogen and oxygen atoms in total. The van der Waals surface area contributed by atoms with Crippen molar-refractivity contribution in [2.75, 3.05) is 13.2 Å². The summed E-state index contributed by atoms with van der Waals surface area (Å²) in [4.78, 5) is 0. The van der Waals surface area contributed by atoms with Crippen molar-refractivity contribution >= 4 is 0 Å². The number of hydrogen-bond donors (Lipinski definition) is 1. The van der Waals surface area contributed by atoms with Crippen LogP contribution in [0.2, 0.25) is 0 Å². The molecule has 2 fully saturated rings. The van der Waals surface area contributed by atoms with E-state index in [0.717, 1.165) is 29.5 Å². The van der Waals surface area contributed by atoms with Crippen LogP contribution in [-0.4, -0.2) is 43.4 Å². The van der Waals surface area contributed by atoms with Crippen molar-refractivity contribution in [2.45, 2.75) is 62.5 Å². The van der Waals surface area contributed by atoms with Gasteiger partial charge in [-0.1, -0.05) is 91.0 Å². The number of ether oxygens (including phenoxy) is 4. The van der Waals surface area contributed by atoms with E-state index in [1.165, 1.54) is 0 Å². The van der Waals surface area contributed by atoms with E-state index in [1.807, 2.05) is 32.0 Å². The van der Waals surface area contributed by atoms with Gasteiger partial charge in [-0.15, -0.1) is 0 Å². The number of rotatable bonds is 9. The van der Waals surface area contributed by atoms with E-state index < -0.39 is 11.4 Å². The maximum Gasteiger partial charge on any atom is 0.164 e. The van der Waals surface area contributed by atoms with Crippen LogP contribution in [0, 0.1) is 0 Å². The molecule has 5 heteroatoms. The molecule has 184 valence electrons. The van der Waals surface area contributed by atoms with Crippen molar-refractivity contribution < 1.29 is 18.9 Å². The molecule has 2 heterocycles. The Morgan fingerprint density at radius 3 is 1.66 bits per heavy atom. The van der Waals surface area contributed by atoms with Crippen LogP contribution >= 0.6 is 0 Å². The highest BCUT2D eigenvalue weighted by Crippen LogP contribution is 2.44. The third-order valence-corrected chi connectivity index (χ3v) is 6.94. The van der Waals surface area contributed by atoms with Gasteiger partial charge in [0.25, 0.3) is 0 Å². The second-order valence-electron chi connectivity index (χ2n) is 9.80. The standard InChI is InChI=1S/C30H35NO4/c1-29(2)34-27-25(19-12-20-31)33-26(28(27)35-29)21-32-30(22-13-6-3-7-14-22,23-15-8-4-9-16-23)24-17-10-5-11-18-24/h3-11,13-18,25-28H,12,19-21,31H2,1-2H3/t25-,26+,27-,28+/m0/s1. The quantitative estimate of drug-likeness (QED) is 0.442. The molecule has 0 saturated carbocycles. The van der Waals surface area contributed by atoms with Crippen molar-refractivity contribution in [3.63, 3.8) is 0 Å². The number of hydrogen-bond acceptors (Lipinski definition) is 5. The molecule has 2 aliphatic heterocycles. The first-order valence-electron chi connectivity index (χ1n) is 12.6. The van der Waals surface area contributed by atoms with Gasteiger partial charge in [-0.25, -0.2) is 0 Å². The van der Waals surface area contributed by atoms with Crippen LogP contribution in [0.1, 0.15) is 43.4 Å². The fourth-order valence-corrected chi connectivity index (χ4v) is 5.43. The van der Waals surface area contributed by atoms with E-state index in [2.05, 4.69) is 72.8 Å². The first kappa shape index (κ1) is 24.2. The van der Waals surface area contributed by atoms with E-state index in [-0.39, 0.29) is 24.4 Å². The van der Waals surface area contributed by atoms with Gasteiger partial charge in [0.15, 0.2) is 5.79 Å². The summed E-state index contributed by atoms with van der Waals surface area (Å²) < 4.78 is 26.1. The van der Waals surface area contributed by atoms with Crippen LogP contribution in [0.5, 0.6) is 0 Å². The predicted molar refractivity (Wildman–Crippen MR) is 136 cm³/mol. The van der Waals surface area contributed by atoms with Crippen LogP contribution in [0.3, 0.4) is 0 Å². The molecule has 0 spiro atoms. The third-order valence-electron chi connectivity index (χ3n) is 6.94. The summed E-state index contributed by atoms with van der Waals surface area (Å²) in [5.41, 5.74) is 8.19. The average molecular weight is 474 g/mol. The molecular weight excluding hydrogens is 438 g/mol. The zero-order valence-electron chi connectivity index (χ0n) is 20.5. The van der Waals surface area contributed by atoms with Gasteiger partial charge in [0, 0.05) is 0 Å². The van der Waals surface area contributed by atoms with E-state index in [0.29, 0.717) is 13.2 Å². The Morgan fingerprint density at radius 2 is 1.20 bits per heavy atom. The van der Waals surface area contributed by atoms with Crippen molar-refractivity contribution in [3.8, 4) is 0 Å². The minimum absolute atomic E-state index is 0.0569. The Labute approximate surface area is 208 Å². The normalized spacial score (nSPS) is 25.5. The fourth-order valence-electron chi connectivity index (χ4n) is 5.43. The van der Waals surface area contributed by atoms with Gasteiger partial charge in [0.2, 0.25) is 0 Å². The summed E-state index contributed by atoms with van der Waals surface area (Å²) >= 11 is 0. The van der Waals surface area contributed by atoms with Crippen LogP contribution in [0.4, 0.5) is 0 Å². The van der Waals surface area contributed by atoms with Gasteiger partial charge < -0.3 is 24.7 Å². The van der Waals surface area contributed by atoms with Crippen LogP contribution in [0.15, 0.2) is 91.0 Å². The topological polar surface area (TPSA) is 62.9 Å². The Morgan fingerprint density at radius 1 is 0.743 bits per heavy atom. The maximum absolute atomic E-state index is 7.02. The summed E-state index contributed by atoms with van der Waals surface area (Å²) in [5.74, 6) is -0.645. The highest BCUT2D eigenvalue weighted by molar-refractivity contribution is 5.47. The van der Waals surface area contributed by atoms with Crippen molar-refractivity contribution in [2.24, 2.45) is 5.73 Å².